The van der Waals surface area contributed by atoms with Crippen LogP contribution in [-0.4, -0.2) is 81.3 Å². The van der Waals surface area contributed by atoms with Crippen LogP contribution in [0.25, 0.3) is 22.3 Å². The highest BCUT2D eigenvalue weighted by molar-refractivity contribution is 7.47. The van der Waals surface area contributed by atoms with Gasteiger partial charge in [0.05, 0.1) is 54.2 Å². The first-order valence-electron chi connectivity index (χ1n) is 18.3. The molecule has 0 bridgehead atoms. The zero-order chi connectivity index (χ0) is 41.9. The number of carbonyl (C=O) groups excluding carboxylic acids is 3. The molecular formula is C36H47N3O16P2. The first kappa shape index (κ1) is 44.1. The van der Waals surface area contributed by atoms with Crippen molar-refractivity contribution < 1.29 is 70.7 Å². The highest BCUT2D eigenvalue weighted by Crippen LogP contribution is 2.46. The number of hydrogen-bond donors (Lipinski definition) is 4. The van der Waals surface area contributed by atoms with Gasteiger partial charge in [-0.05, 0) is 70.7 Å². The van der Waals surface area contributed by atoms with Crippen molar-refractivity contribution in [1.82, 2.24) is 14.9 Å². The topological polar surface area (TPSA) is 258 Å². The van der Waals surface area contributed by atoms with Gasteiger partial charge in [-0.2, -0.15) is 0 Å². The number of phosphoric ester groups is 2. The molecule has 2 aliphatic heterocycles. The number of amides is 1. The van der Waals surface area contributed by atoms with E-state index in [4.69, 9.17) is 38.2 Å². The van der Waals surface area contributed by atoms with E-state index in [0.717, 1.165) is 16.5 Å². The number of aromatic nitrogens is 2. The number of aryl methyl sites for hydroxylation is 1. The van der Waals surface area contributed by atoms with E-state index in [1.807, 2.05) is 6.92 Å². The number of phosphoric acid groups is 2. The van der Waals surface area contributed by atoms with Gasteiger partial charge in [-0.25, -0.2) is 23.7 Å². The molecule has 1 amide bonds. The fraction of sp³-hybridized carbons (Fsp3) is 0.528. The molecule has 0 aliphatic carbocycles. The zero-order valence-electron chi connectivity index (χ0n) is 32.4. The SMILES string of the molecule is CCOP(=O)(O)OC(COCCCNC(=O)Oc1ccc2c(CC)c3c(nc2c1)-c1cc2c(c(=O)n1C3)COC(=O)[C@@]2(CC)OC(=O)C(C)(C)C)COP(=O)(O)O. The number of esters is 2. The van der Waals surface area contributed by atoms with Gasteiger partial charge in [-0.3, -0.25) is 23.2 Å². The average Bonchev–Trinajstić information content (AvgIpc) is 3.49. The number of benzene rings is 1. The molecule has 3 atom stereocenters. The van der Waals surface area contributed by atoms with E-state index >= 15 is 0 Å². The lowest BCUT2D eigenvalue weighted by molar-refractivity contribution is -0.194. The van der Waals surface area contributed by atoms with Gasteiger partial charge >= 0.3 is 33.7 Å². The van der Waals surface area contributed by atoms with Gasteiger partial charge < -0.3 is 43.5 Å². The number of ether oxygens (including phenoxy) is 4. The van der Waals surface area contributed by atoms with E-state index in [9.17, 15) is 33.2 Å². The molecule has 0 radical (unpaired) electrons. The molecular weight excluding hydrogens is 792 g/mol. The summed E-state index contributed by atoms with van der Waals surface area (Å²) in [6, 6.07) is 6.68. The lowest BCUT2D eigenvalue weighted by Gasteiger charge is -2.37. The quantitative estimate of drug-likeness (QED) is 0.0654. The molecule has 1 aromatic carbocycles. The van der Waals surface area contributed by atoms with Crippen molar-refractivity contribution in [2.75, 3.05) is 33.0 Å². The third kappa shape index (κ3) is 9.99. The van der Waals surface area contributed by atoms with Crippen LogP contribution in [0.1, 0.15) is 76.6 Å². The Morgan fingerprint density at radius 1 is 1.05 bits per heavy atom. The summed E-state index contributed by atoms with van der Waals surface area (Å²) >= 11 is 0. The van der Waals surface area contributed by atoms with Crippen LogP contribution in [0.3, 0.4) is 0 Å². The minimum atomic E-state index is -4.90. The summed E-state index contributed by atoms with van der Waals surface area (Å²) in [5.41, 5.74) is 0.552. The molecule has 4 N–H and O–H groups in total. The van der Waals surface area contributed by atoms with Crippen molar-refractivity contribution in [3.8, 4) is 17.1 Å². The van der Waals surface area contributed by atoms with Gasteiger partial charge in [0.2, 0.25) is 5.60 Å². The number of fused-ring (bicyclic) bond motifs is 5. The molecule has 2 unspecified atom stereocenters. The Hall–Kier alpha value is -4.03. The Morgan fingerprint density at radius 3 is 2.44 bits per heavy atom. The average molecular weight is 840 g/mol. The van der Waals surface area contributed by atoms with Gasteiger partial charge in [0.25, 0.3) is 5.56 Å². The maximum absolute atomic E-state index is 14.0. The van der Waals surface area contributed by atoms with Crippen LogP contribution < -0.4 is 15.6 Å². The summed E-state index contributed by atoms with van der Waals surface area (Å²) in [7, 11) is -9.44. The maximum Gasteiger partial charge on any atom is 0.472 e. The molecule has 2 aromatic heterocycles. The fourth-order valence-electron chi connectivity index (χ4n) is 6.48. The Bertz CT molecular complexity index is 2200. The van der Waals surface area contributed by atoms with Crippen LogP contribution in [-0.2, 0) is 71.7 Å². The molecule has 3 aromatic rings. The normalized spacial score (nSPS) is 17.9. The molecule has 0 fully saturated rings. The van der Waals surface area contributed by atoms with Crippen molar-refractivity contribution in [2.24, 2.45) is 5.41 Å². The van der Waals surface area contributed by atoms with Gasteiger partial charge in [-0.1, -0.05) is 13.8 Å². The largest absolute Gasteiger partial charge is 0.472 e. The number of cyclic esters (lactones) is 1. The molecule has 57 heavy (non-hydrogen) atoms. The Morgan fingerprint density at radius 2 is 1.79 bits per heavy atom. The highest BCUT2D eigenvalue weighted by Gasteiger charge is 2.51. The summed E-state index contributed by atoms with van der Waals surface area (Å²) in [5, 5.41) is 3.37. The fourth-order valence-corrected chi connectivity index (χ4v) is 7.72. The smallest absolute Gasteiger partial charge is 0.457 e. The standard InChI is InChI=1S/C36H47N3O16P2/c1-7-23-24-12-11-21(53-34(43)37-13-10-14-49-18-22(19-52-56(44,45)46)55-57(47,48)51-9-3)15-28(24)38-30-25(23)17-39-29(30)16-27-26(31(39)40)20-50-33(42)36(27,8-2)54-32(41)35(4,5)6/h11-12,15-16,22H,7-10,13-14,17-20H2,1-6H3,(H,37,43)(H,47,48)(H2,44,45,46)/t22?,36-/m0/s1. The third-order valence-corrected chi connectivity index (χ3v) is 10.9. The molecule has 312 valence electrons. The Kier molecular flexibility index (Phi) is 13.5. The second kappa shape index (κ2) is 17.4. The molecule has 0 spiro atoms. The van der Waals surface area contributed by atoms with Crippen molar-refractivity contribution in [3.05, 3.63) is 56.9 Å². The monoisotopic (exact) mass is 839 g/mol. The second-order valence-electron chi connectivity index (χ2n) is 14.3. The van der Waals surface area contributed by atoms with Crippen LogP contribution in [0.5, 0.6) is 5.75 Å². The van der Waals surface area contributed by atoms with Gasteiger partial charge in [0, 0.05) is 35.7 Å². The van der Waals surface area contributed by atoms with E-state index in [2.05, 4.69) is 14.4 Å². The summed E-state index contributed by atoms with van der Waals surface area (Å²) < 4.78 is 60.7. The van der Waals surface area contributed by atoms with Crippen molar-refractivity contribution in [1.29, 1.82) is 0 Å². The first-order chi connectivity index (χ1) is 26.7. The number of nitrogens with one attached hydrogen (secondary N) is 1. The van der Waals surface area contributed by atoms with Crippen LogP contribution >= 0.6 is 15.6 Å². The van der Waals surface area contributed by atoms with E-state index in [1.165, 1.54) is 6.92 Å². The van der Waals surface area contributed by atoms with Gasteiger partial charge in [0.15, 0.2) is 0 Å². The van der Waals surface area contributed by atoms with E-state index in [0.29, 0.717) is 23.3 Å². The van der Waals surface area contributed by atoms with E-state index in [-0.39, 0.29) is 74.8 Å². The molecule has 0 saturated carbocycles. The lowest BCUT2D eigenvalue weighted by atomic mass is 9.84. The summed E-state index contributed by atoms with van der Waals surface area (Å²) in [4.78, 5) is 85.8. The number of pyridine rings is 2. The predicted molar refractivity (Wildman–Crippen MR) is 201 cm³/mol. The van der Waals surface area contributed by atoms with Gasteiger partial charge in [-0.15, -0.1) is 0 Å². The molecule has 2 aliphatic rings. The zero-order valence-corrected chi connectivity index (χ0v) is 34.2. The highest BCUT2D eigenvalue weighted by atomic mass is 31.2. The van der Waals surface area contributed by atoms with Crippen LogP contribution in [0.15, 0.2) is 29.1 Å². The maximum atomic E-state index is 14.0. The van der Waals surface area contributed by atoms with Crippen molar-refractivity contribution in [3.63, 3.8) is 0 Å². The van der Waals surface area contributed by atoms with Crippen LogP contribution in [0.4, 0.5) is 4.79 Å². The minimum absolute atomic E-state index is 0.0125. The number of rotatable bonds is 17. The predicted octanol–water partition coefficient (Wildman–Crippen LogP) is 4.37. The van der Waals surface area contributed by atoms with Crippen LogP contribution in [0, 0.1) is 5.41 Å². The minimum Gasteiger partial charge on any atom is -0.457 e. The molecule has 4 heterocycles. The number of carbonyl (C=O) groups is 3. The second-order valence-corrected chi connectivity index (χ2v) is 16.9. The van der Waals surface area contributed by atoms with Crippen molar-refractivity contribution >= 4 is 44.6 Å². The molecule has 5 rings (SSSR count). The molecule has 0 saturated heterocycles. The number of hydrogen-bond acceptors (Lipinski definition) is 14. The number of nitrogens with zero attached hydrogens (tertiary/aromatic N) is 2. The summed E-state index contributed by atoms with van der Waals surface area (Å²) in [5.74, 6) is -1.20. The van der Waals surface area contributed by atoms with Gasteiger partial charge in [0.1, 0.15) is 18.5 Å². The third-order valence-electron chi connectivity index (χ3n) is 9.23. The Labute approximate surface area is 327 Å². The van der Waals surface area contributed by atoms with E-state index in [1.54, 1.807) is 56.5 Å². The summed E-state index contributed by atoms with van der Waals surface area (Å²) in [6.45, 7) is 8.89. The Balaban J connectivity index is 1.30. The van der Waals surface area contributed by atoms with Crippen LogP contribution in [0.2, 0.25) is 0 Å². The lowest BCUT2D eigenvalue weighted by Crippen LogP contribution is -2.48. The summed E-state index contributed by atoms with van der Waals surface area (Å²) in [6.07, 6.45) is -1.25. The molecule has 19 nitrogen and oxygen atoms in total. The molecule has 21 heteroatoms. The first-order valence-corrected chi connectivity index (χ1v) is 21.3. The van der Waals surface area contributed by atoms with Crippen molar-refractivity contribution in [2.45, 2.75) is 85.7 Å². The van der Waals surface area contributed by atoms with E-state index < -0.39 is 57.4 Å².